The molecule has 0 bridgehead atoms. The molecule has 1 aromatic carbocycles. The number of halogens is 3. The number of nitrogens with zero attached hydrogens (tertiary/aromatic N) is 1. The number of benzene rings is 1. The molecule has 1 saturated heterocycles. The number of hydroxylamine groups is 2. The third-order valence-corrected chi connectivity index (χ3v) is 10.8. The maximum atomic E-state index is 17.4. The minimum atomic E-state index is -2.19. The van der Waals surface area contributed by atoms with Crippen LogP contribution in [0.25, 0.3) is 0 Å². The van der Waals surface area contributed by atoms with Crippen molar-refractivity contribution in [3.05, 3.63) is 58.7 Å². The molecule has 2 N–H and O–H groups in total. The summed E-state index contributed by atoms with van der Waals surface area (Å²) >= 11 is 6.03. The van der Waals surface area contributed by atoms with Gasteiger partial charge in [-0.25, -0.2) is 8.78 Å². The van der Waals surface area contributed by atoms with Gasteiger partial charge in [-0.15, -0.1) is 0 Å². The summed E-state index contributed by atoms with van der Waals surface area (Å²) in [7, 11) is 1.55. The molecule has 4 fully saturated rings. The molecule has 38 heavy (non-hydrogen) atoms. The second kappa shape index (κ2) is 8.43. The normalized spacial score (nSPS) is 45.6. The maximum absolute atomic E-state index is 17.4. The van der Waals surface area contributed by atoms with Crippen molar-refractivity contribution in [2.75, 3.05) is 13.6 Å². The van der Waals surface area contributed by atoms with Crippen LogP contribution in [0.15, 0.2) is 48.1 Å². The van der Waals surface area contributed by atoms with Gasteiger partial charge in [0.15, 0.2) is 17.1 Å². The molecular weight excluding hydrogens is 514 g/mol. The van der Waals surface area contributed by atoms with Crippen molar-refractivity contribution in [2.45, 2.75) is 63.2 Å². The minimum Gasteiger partial charge on any atom is -0.390 e. The zero-order chi connectivity index (χ0) is 27.3. The summed E-state index contributed by atoms with van der Waals surface area (Å²) in [5.41, 5.74) is -4.86. The number of allylic oxidation sites excluding steroid dienone is 4. The number of aliphatic hydroxyl groups is 1. The predicted molar refractivity (Wildman–Crippen MR) is 137 cm³/mol. The second-order valence-electron chi connectivity index (χ2n) is 12.1. The van der Waals surface area contributed by atoms with Crippen LogP contribution >= 0.6 is 11.6 Å². The molecule has 9 heteroatoms. The number of hydrogen-bond donors (Lipinski definition) is 2. The summed E-state index contributed by atoms with van der Waals surface area (Å²) in [5.74, 6) is -2.22. The Kier molecular flexibility index (Phi) is 5.80. The van der Waals surface area contributed by atoms with E-state index in [-0.39, 0.29) is 36.0 Å². The Morgan fingerprint density at radius 1 is 1.24 bits per heavy atom. The van der Waals surface area contributed by atoms with Gasteiger partial charge in [-0.05, 0) is 67.5 Å². The molecule has 0 radical (unpaired) electrons. The molecule has 0 aromatic heterocycles. The van der Waals surface area contributed by atoms with Crippen molar-refractivity contribution in [1.29, 1.82) is 0 Å². The molecule has 4 aliphatic carbocycles. The van der Waals surface area contributed by atoms with E-state index in [2.05, 4.69) is 5.32 Å². The summed E-state index contributed by atoms with van der Waals surface area (Å²) in [6, 6.07) is 7.39. The number of likely N-dealkylation sites (N-methyl/N-ethyl adjacent to an activating group) is 1. The summed E-state index contributed by atoms with van der Waals surface area (Å²) in [5, 5.41) is 16.8. The molecule has 6 nitrogen and oxygen atoms in total. The Balaban J connectivity index is 1.39. The number of aliphatic hydroxyl groups excluding tert-OH is 1. The van der Waals surface area contributed by atoms with Gasteiger partial charge >= 0.3 is 0 Å². The van der Waals surface area contributed by atoms with E-state index >= 15 is 8.78 Å². The highest BCUT2D eigenvalue weighted by Crippen LogP contribution is 2.72. The first-order valence-electron chi connectivity index (χ1n) is 13.3. The van der Waals surface area contributed by atoms with Gasteiger partial charge in [0.05, 0.1) is 6.10 Å². The van der Waals surface area contributed by atoms with Crippen LogP contribution in [0.4, 0.5) is 8.78 Å². The second-order valence-corrected chi connectivity index (χ2v) is 12.6. The summed E-state index contributed by atoms with van der Waals surface area (Å²) in [4.78, 5) is 32.3. The van der Waals surface area contributed by atoms with Crippen LogP contribution in [0.2, 0.25) is 5.02 Å². The number of alkyl halides is 2. The highest BCUT2D eigenvalue weighted by atomic mass is 35.5. The third-order valence-electron chi connectivity index (χ3n) is 10.5. The topological polar surface area (TPSA) is 78.9 Å². The quantitative estimate of drug-likeness (QED) is 0.596. The van der Waals surface area contributed by atoms with Crippen molar-refractivity contribution in [3.8, 4) is 0 Å². The van der Waals surface area contributed by atoms with Crippen LogP contribution in [0.5, 0.6) is 0 Å². The number of nitrogens with one attached hydrogen (secondary N) is 1. The van der Waals surface area contributed by atoms with E-state index in [0.29, 0.717) is 24.5 Å². The molecule has 204 valence electrons. The molecule has 5 aliphatic rings. The first kappa shape index (κ1) is 26.1. The smallest absolute Gasteiger partial charge is 0.255 e. The summed E-state index contributed by atoms with van der Waals surface area (Å²) < 4.78 is 33.1. The zero-order valence-electron chi connectivity index (χ0n) is 21.7. The minimum absolute atomic E-state index is 0.0228. The van der Waals surface area contributed by atoms with E-state index in [1.807, 2.05) is 19.1 Å². The Labute approximate surface area is 226 Å². The molecule has 1 heterocycles. The van der Waals surface area contributed by atoms with Crippen LogP contribution < -0.4 is 5.32 Å². The number of rotatable bonds is 3. The van der Waals surface area contributed by atoms with Crippen molar-refractivity contribution >= 4 is 23.3 Å². The van der Waals surface area contributed by atoms with Gasteiger partial charge in [0, 0.05) is 47.8 Å². The van der Waals surface area contributed by atoms with Gasteiger partial charge in [0.1, 0.15) is 6.17 Å². The van der Waals surface area contributed by atoms with Gasteiger partial charge in [-0.3, -0.25) is 14.4 Å². The number of hydrogen-bond acceptors (Lipinski definition) is 5. The molecule has 3 saturated carbocycles. The molecule has 1 amide bonds. The number of ketones is 1. The van der Waals surface area contributed by atoms with E-state index in [4.69, 9.17) is 16.4 Å². The van der Waals surface area contributed by atoms with E-state index in [1.165, 1.54) is 18.2 Å². The number of carbonyl (C=O) groups excluding carboxylic acids is 2. The lowest BCUT2D eigenvalue weighted by Gasteiger charge is -2.63. The van der Waals surface area contributed by atoms with E-state index in [1.54, 1.807) is 31.2 Å². The highest BCUT2D eigenvalue weighted by Gasteiger charge is 2.79. The Morgan fingerprint density at radius 3 is 2.63 bits per heavy atom. The van der Waals surface area contributed by atoms with Crippen LogP contribution in [0.3, 0.4) is 0 Å². The SMILES string of the molecule is CNC(=O)C12ON(Cc3ccc(Cl)cc3)CC1CC1C3CC(F)C4=CC(=O)C=CC4(C)C3(F)C(O)CC12C. The lowest BCUT2D eigenvalue weighted by molar-refractivity contribution is -0.269. The van der Waals surface area contributed by atoms with Crippen LogP contribution in [0, 0.1) is 28.6 Å². The fraction of sp³-hybridized carbons (Fsp3) is 0.586. The van der Waals surface area contributed by atoms with Crippen LogP contribution in [-0.4, -0.2) is 59.0 Å². The van der Waals surface area contributed by atoms with Crippen molar-refractivity contribution in [3.63, 3.8) is 0 Å². The number of fused-ring (bicyclic) bond motifs is 7. The van der Waals surface area contributed by atoms with Gasteiger partial charge < -0.3 is 10.4 Å². The van der Waals surface area contributed by atoms with Gasteiger partial charge in [-0.1, -0.05) is 36.7 Å². The van der Waals surface area contributed by atoms with Crippen molar-refractivity contribution in [2.24, 2.45) is 28.6 Å². The van der Waals surface area contributed by atoms with Gasteiger partial charge in [-0.2, -0.15) is 5.06 Å². The maximum Gasteiger partial charge on any atom is 0.255 e. The lowest BCUT2D eigenvalue weighted by Crippen LogP contribution is -2.71. The van der Waals surface area contributed by atoms with Gasteiger partial charge in [0.2, 0.25) is 0 Å². The van der Waals surface area contributed by atoms with Gasteiger partial charge in [0.25, 0.3) is 5.91 Å². The van der Waals surface area contributed by atoms with Crippen LogP contribution in [0.1, 0.15) is 38.7 Å². The molecule has 1 aromatic rings. The summed E-state index contributed by atoms with van der Waals surface area (Å²) in [6.07, 6.45) is 1.19. The molecule has 9 unspecified atom stereocenters. The predicted octanol–water partition coefficient (Wildman–Crippen LogP) is 4.12. The Morgan fingerprint density at radius 2 is 1.95 bits per heavy atom. The average Bonchev–Trinajstić information content (AvgIpc) is 3.35. The van der Waals surface area contributed by atoms with Crippen molar-refractivity contribution in [1.82, 2.24) is 10.4 Å². The zero-order valence-corrected chi connectivity index (χ0v) is 22.5. The molecular formula is C29H33ClF2N2O4. The molecule has 1 aliphatic heterocycles. The van der Waals surface area contributed by atoms with Crippen LogP contribution in [-0.2, 0) is 21.0 Å². The van der Waals surface area contributed by atoms with E-state index in [0.717, 1.165) is 5.56 Å². The highest BCUT2D eigenvalue weighted by molar-refractivity contribution is 6.30. The fourth-order valence-corrected chi connectivity index (χ4v) is 8.91. The molecule has 9 atom stereocenters. The van der Waals surface area contributed by atoms with Crippen molar-refractivity contribution < 1.29 is 28.3 Å². The first-order chi connectivity index (χ1) is 17.9. The number of amides is 1. The lowest BCUT2D eigenvalue weighted by atomic mass is 9.44. The standard InChI is InChI=1S/C29H33ClF2N2O4/c1-26-9-8-19(35)11-22(26)23(31)12-21-20-10-17-15-34(14-16-4-6-18(30)7-5-16)38-29(17,25(37)33-3)27(20,2)13-24(36)28(21,26)32/h4-9,11,17,20-21,23-24,36H,10,12-15H2,1-3H3,(H,33,37). The molecule has 0 spiro atoms. The Bertz CT molecular complexity index is 1260. The van der Waals surface area contributed by atoms with E-state index in [9.17, 15) is 14.7 Å². The van der Waals surface area contributed by atoms with E-state index < -0.39 is 46.2 Å². The first-order valence-corrected chi connectivity index (χ1v) is 13.7. The largest absolute Gasteiger partial charge is 0.390 e. The third kappa shape index (κ3) is 3.14. The monoisotopic (exact) mass is 546 g/mol. The Hall–Kier alpha value is -2.13. The fourth-order valence-electron chi connectivity index (χ4n) is 8.78. The molecule has 6 rings (SSSR count). The number of carbonyl (C=O) groups is 2. The average molecular weight is 547 g/mol. The summed E-state index contributed by atoms with van der Waals surface area (Å²) in [6.45, 7) is 4.35.